The topological polar surface area (TPSA) is 90.3 Å². The van der Waals surface area contributed by atoms with Gasteiger partial charge in [-0.3, -0.25) is 10.1 Å². The number of benzene rings is 2. The number of hydrogen-bond donors (Lipinski definition) is 1. The summed E-state index contributed by atoms with van der Waals surface area (Å²) >= 11 is 0. The van der Waals surface area contributed by atoms with Crippen molar-refractivity contribution in [3.63, 3.8) is 0 Å². The maximum Gasteiger partial charge on any atom is 0.315 e. The van der Waals surface area contributed by atoms with Gasteiger partial charge in [0, 0.05) is 11.6 Å². The van der Waals surface area contributed by atoms with Crippen molar-refractivity contribution in [1.82, 2.24) is 9.97 Å². The number of hydrogen-bond acceptors (Lipinski definition) is 5. The van der Waals surface area contributed by atoms with Gasteiger partial charge < -0.3 is 14.5 Å². The maximum absolute atomic E-state index is 11.5. The van der Waals surface area contributed by atoms with Gasteiger partial charge in [-0.05, 0) is 32.0 Å². The summed E-state index contributed by atoms with van der Waals surface area (Å²) in [6.45, 7) is 3.60. The average Bonchev–Trinajstić information content (AvgIpc) is 2.98. The second-order valence-electron chi connectivity index (χ2n) is 5.55. The van der Waals surface area contributed by atoms with Crippen LogP contribution >= 0.6 is 0 Å². The lowest BCUT2D eigenvalue weighted by atomic mass is 10.1. The number of nitro groups is 1. The van der Waals surface area contributed by atoms with Gasteiger partial charge in [0.05, 0.1) is 29.2 Å². The van der Waals surface area contributed by atoms with Crippen LogP contribution in [0.5, 0.6) is 11.5 Å². The van der Waals surface area contributed by atoms with E-state index in [1.54, 1.807) is 19.9 Å². The van der Waals surface area contributed by atoms with Crippen molar-refractivity contribution in [3.8, 4) is 22.9 Å². The third-order valence-corrected chi connectivity index (χ3v) is 3.47. The highest BCUT2D eigenvalue weighted by Gasteiger charge is 2.24. The molecule has 3 rings (SSSR count). The third kappa shape index (κ3) is 2.88. The van der Waals surface area contributed by atoms with Crippen LogP contribution < -0.4 is 9.47 Å². The average molecular weight is 327 g/mol. The lowest BCUT2D eigenvalue weighted by Crippen LogP contribution is -2.09. The van der Waals surface area contributed by atoms with E-state index >= 15 is 0 Å². The highest BCUT2D eigenvalue weighted by atomic mass is 16.6. The molecule has 0 bridgehead atoms. The Kier molecular flexibility index (Phi) is 4.07. The van der Waals surface area contributed by atoms with Gasteiger partial charge in [0.15, 0.2) is 5.75 Å². The Hall–Kier alpha value is -3.09. The molecule has 0 aliphatic rings. The molecule has 0 fully saturated rings. The molecule has 24 heavy (non-hydrogen) atoms. The predicted octanol–water partition coefficient (Wildman–Crippen LogP) is 3.93. The van der Waals surface area contributed by atoms with E-state index in [9.17, 15) is 10.1 Å². The number of aromatic amines is 1. The Bertz CT molecular complexity index is 869. The minimum atomic E-state index is -0.480. The molecule has 0 saturated heterocycles. The van der Waals surface area contributed by atoms with Gasteiger partial charge in [0.2, 0.25) is 5.75 Å². The summed E-state index contributed by atoms with van der Waals surface area (Å²) in [6.07, 6.45) is -0.213. The van der Waals surface area contributed by atoms with Crippen LogP contribution in [-0.4, -0.2) is 28.1 Å². The van der Waals surface area contributed by atoms with Crippen molar-refractivity contribution in [3.05, 3.63) is 46.5 Å². The maximum atomic E-state index is 11.5. The standard InChI is InChI=1S/C17H17N3O4/c1-10(2)24-16-14(20(21)22)8-11(9-15(16)23-3)17-18-12-6-4-5-7-13(12)19-17/h4-10H,1-3H3,(H,18,19). The smallest absolute Gasteiger partial charge is 0.315 e. The van der Waals surface area contributed by atoms with Crippen LogP contribution in [0.25, 0.3) is 22.4 Å². The molecule has 0 spiro atoms. The number of nitrogens with zero attached hydrogens (tertiary/aromatic N) is 2. The zero-order chi connectivity index (χ0) is 17.3. The number of para-hydroxylation sites is 2. The van der Waals surface area contributed by atoms with Gasteiger partial charge in [-0.2, -0.15) is 0 Å². The first-order valence-electron chi connectivity index (χ1n) is 7.47. The van der Waals surface area contributed by atoms with Gasteiger partial charge in [0.1, 0.15) is 5.82 Å². The number of aromatic nitrogens is 2. The second kappa shape index (κ2) is 6.19. The molecule has 0 saturated carbocycles. The van der Waals surface area contributed by atoms with E-state index < -0.39 is 4.92 Å². The Balaban J connectivity index is 2.18. The van der Waals surface area contributed by atoms with Crippen LogP contribution in [0.2, 0.25) is 0 Å². The summed E-state index contributed by atoms with van der Waals surface area (Å²) < 4.78 is 10.9. The van der Waals surface area contributed by atoms with E-state index in [4.69, 9.17) is 9.47 Å². The Morgan fingerprint density at radius 3 is 2.62 bits per heavy atom. The highest BCUT2D eigenvalue weighted by Crippen LogP contribution is 2.41. The quantitative estimate of drug-likeness (QED) is 0.566. The van der Waals surface area contributed by atoms with E-state index in [-0.39, 0.29) is 17.5 Å². The normalized spacial score (nSPS) is 11.0. The molecule has 1 aromatic heterocycles. The van der Waals surface area contributed by atoms with E-state index in [1.165, 1.54) is 13.2 Å². The number of fused-ring (bicyclic) bond motifs is 1. The third-order valence-electron chi connectivity index (χ3n) is 3.47. The number of H-pyrrole nitrogens is 1. The summed E-state index contributed by atoms with van der Waals surface area (Å²) in [7, 11) is 1.45. The molecule has 3 aromatic rings. The van der Waals surface area contributed by atoms with Crippen LogP contribution in [0.4, 0.5) is 5.69 Å². The monoisotopic (exact) mass is 327 g/mol. The molecule has 7 heteroatoms. The van der Waals surface area contributed by atoms with E-state index in [2.05, 4.69) is 9.97 Å². The summed E-state index contributed by atoms with van der Waals surface area (Å²) in [5, 5.41) is 11.5. The van der Waals surface area contributed by atoms with E-state index in [0.29, 0.717) is 17.1 Å². The minimum Gasteiger partial charge on any atom is -0.493 e. The van der Waals surface area contributed by atoms with Crippen LogP contribution in [-0.2, 0) is 0 Å². The van der Waals surface area contributed by atoms with Gasteiger partial charge >= 0.3 is 5.69 Å². The zero-order valence-electron chi connectivity index (χ0n) is 13.6. The molecule has 0 aliphatic carbocycles. The van der Waals surface area contributed by atoms with Crippen LogP contribution in [0.1, 0.15) is 13.8 Å². The van der Waals surface area contributed by atoms with Gasteiger partial charge in [0.25, 0.3) is 0 Å². The fraction of sp³-hybridized carbons (Fsp3) is 0.235. The highest BCUT2D eigenvalue weighted by molar-refractivity contribution is 5.80. The van der Waals surface area contributed by atoms with Gasteiger partial charge in [-0.15, -0.1) is 0 Å². The zero-order valence-corrected chi connectivity index (χ0v) is 13.6. The fourth-order valence-corrected chi connectivity index (χ4v) is 2.46. The number of nitro benzene ring substituents is 1. The van der Waals surface area contributed by atoms with E-state index in [1.807, 2.05) is 24.3 Å². The van der Waals surface area contributed by atoms with Crippen molar-refractivity contribution in [2.24, 2.45) is 0 Å². The van der Waals surface area contributed by atoms with Crippen LogP contribution in [0.15, 0.2) is 36.4 Å². The Morgan fingerprint density at radius 1 is 1.25 bits per heavy atom. The van der Waals surface area contributed by atoms with Crippen molar-refractivity contribution in [2.45, 2.75) is 20.0 Å². The molecule has 2 aromatic carbocycles. The second-order valence-corrected chi connectivity index (χ2v) is 5.55. The molecule has 7 nitrogen and oxygen atoms in total. The molecular formula is C17H17N3O4. The summed E-state index contributed by atoms with van der Waals surface area (Å²) in [4.78, 5) is 18.6. The Morgan fingerprint density at radius 2 is 2.00 bits per heavy atom. The molecule has 124 valence electrons. The number of nitrogens with one attached hydrogen (secondary N) is 1. The number of rotatable bonds is 5. The first kappa shape index (κ1) is 15.8. The number of methoxy groups -OCH3 is 1. The van der Waals surface area contributed by atoms with Crippen molar-refractivity contribution in [2.75, 3.05) is 7.11 Å². The lowest BCUT2D eigenvalue weighted by molar-refractivity contribution is -0.386. The largest absolute Gasteiger partial charge is 0.493 e. The summed E-state index contributed by atoms with van der Waals surface area (Å²) in [5.41, 5.74) is 2.05. The van der Waals surface area contributed by atoms with Crippen molar-refractivity contribution < 1.29 is 14.4 Å². The van der Waals surface area contributed by atoms with Crippen LogP contribution in [0, 0.1) is 10.1 Å². The molecular weight excluding hydrogens is 310 g/mol. The molecule has 1 heterocycles. The molecule has 1 N–H and O–H groups in total. The molecule has 0 atom stereocenters. The predicted molar refractivity (Wildman–Crippen MR) is 90.5 cm³/mol. The van der Waals surface area contributed by atoms with Gasteiger partial charge in [-0.1, -0.05) is 12.1 Å². The molecule has 0 radical (unpaired) electrons. The van der Waals surface area contributed by atoms with Gasteiger partial charge in [-0.25, -0.2) is 4.98 Å². The Labute approximate surface area is 138 Å². The SMILES string of the molecule is COc1cc(-c2nc3ccccc3[nH]2)cc([N+](=O)[O-])c1OC(C)C. The van der Waals surface area contributed by atoms with Crippen molar-refractivity contribution >= 4 is 16.7 Å². The summed E-state index contributed by atoms with van der Waals surface area (Å²) in [6, 6.07) is 10.7. The lowest BCUT2D eigenvalue weighted by Gasteiger charge is -2.14. The molecule has 0 aliphatic heterocycles. The molecule has 0 unspecified atom stereocenters. The first-order chi connectivity index (χ1) is 11.5. The molecule has 0 amide bonds. The van der Waals surface area contributed by atoms with Crippen LogP contribution in [0.3, 0.4) is 0 Å². The summed E-state index contributed by atoms with van der Waals surface area (Å²) in [5.74, 6) is 0.958. The minimum absolute atomic E-state index is 0.123. The van der Waals surface area contributed by atoms with E-state index in [0.717, 1.165) is 11.0 Å². The fourth-order valence-electron chi connectivity index (χ4n) is 2.46. The van der Waals surface area contributed by atoms with Crippen molar-refractivity contribution in [1.29, 1.82) is 0 Å². The first-order valence-corrected chi connectivity index (χ1v) is 7.47. The number of ether oxygens (including phenoxy) is 2. The number of imidazole rings is 1.